The molecule has 1 aromatic heterocycles. The van der Waals surface area contributed by atoms with Crippen LogP contribution in [0.5, 0.6) is 0 Å². The zero-order valence-corrected chi connectivity index (χ0v) is 21.8. The maximum absolute atomic E-state index is 13.2. The molecule has 0 saturated heterocycles. The third-order valence-electron chi connectivity index (χ3n) is 5.70. The van der Waals surface area contributed by atoms with Crippen molar-refractivity contribution in [1.82, 2.24) is 5.32 Å². The molecule has 0 saturated carbocycles. The van der Waals surface area contributed by atoms with Crippen molar-refractivity contribution in [3.8, 4) is 22.5 Å². The molecule has 3 rings (SSSR count). The average Bonchev–Trinajstić information content (AvgIpc) is 3.15. The number of furan rings is 1. The van der Waals surface area contributed by atoms with E-state index in [1.807, 2.05) is 61.5 Å². The van der Waals surface area contributed by atoms with E-state index in [0.717, 1.165) is 28.8 Å². The molecule has 0 aliphatic rings. The van der Waals surface area contributed by atoms with Crippen molar-refractivity contribution in [2.24, 2.45) is 0 Å². The van der Waals surface area contributed by atoms with Gasteiger partial charge in [0.2, 0.25) is 5.88 Å². The fourth-order valence-electron chi connectivity index (χ4n) is 3.97. The first-order valence-electron chi connectivity index (χ1n) is 11.8. The monoisotopic (exact) mass is 462 g/mol. The predicted molar refractivity (Wildman–Crippen MR) is 141 cm³/mol. The molecule has 2 aromatic carbocycles. The highest BCUT2D eigenvalue weighted by Gasteiger charge is 2.34. The number of hydrogen-bond acceptors (Lipinski definition) is 5. The molecule has 1 N–H and O–H groups in total. The molecule has 3 aromatic rings. The molecule has 0 aliphatic carbocycles. The van der Waals surface area contributed by atoms with Crippen molar-refractivity contribution in [3.05, 3.63) is 65.7 Å². The zero-order chi connectivity index (χ0) is 25.1. The Hall–Kier alpha value is -3.05. The van der Waals surface area contributed by atoms with Crippen LogP contribution in [0.3, 0.4) is 0 Å². The smallest absolute Gasteiger partial charge is 0.342 e. The number of anilines is 1. The van der Waals surface area contributed by atoms with Gasteiger partial charge in [0.15, 0.2) is 5.76 Å². The predicted octanol–water partition coefficient (Wildman–Crippen LogP) is 6.70. The quantitative estimate of drug-likeness (QED) is 0.396. The number of benzene rings is 2. The molecular formula is C29H38N2O3. The Morgan fingerprint density at radius 1 is 0.941 bits per heavy atom. The van der Waals surface area contributed by atoms with Crippen LogP contribution in [0.1, 0.15) is 57.5 Å². The van der Waals surface area contributed by atoms with Crippen LogP contribution >= 0.6 is 0 Å². The summed E-state index contributed by atoms with van der Waals surface area (Å²) in [6.45, 7) is 16.5. The van der Waals surface area contributed by atoms with E-state index in [1.54, 1.807) is 0 Å². The fraction of sp³-hybridized carbons (Fsp3) is 0.414. The van der Waals surface area contributed by atoms with Gasteiger partial charge in [-0.2, -0.15) is 0 Å². The van der Waals surface area contributed by atoms with Gasteiger partial charge in [-0.25, -0.2) is 4.79 Å². The molecule has 0 aliphatic heterocycles. The highest BCUT2D eigenvalue weighted by Crippen LogP contribution is 2.45. The van der Waals surface area contributed by atoms with Gasteiger partial charge in [-0.3, -0.25) is 0 Å². The lowest BCUT2D eigenvalue weighted by Crippen LogP contribution is -2.48. The van der Waals surface area contributed by atoms with E-state index in [9.17, 15) is 4.79 Å². The van der Waals surface area contributed by atoms with E-state index in [-0.39, 0.29) is 11.1 Å². The van der Waals surface area contributed by atoms with Crippen LogP contribution in [0, 0.1) is 6.92 Å². The first kappa shape index (κ1) is 25.6. The Morgan fingerprint density at radius 2 is 1.56 bits per heavy atom. The topological polar surface area (TPSA) is 54.7 Å². The van der Waals surface area contributed by atoms with Crippen molar-refractivity contribution in [3.63, 3.8) is 0 Å². The molecule has 5 nitrogen and oxygen atoms in total. The van der Waals surface area contributed by atoms with E-state index in [2.05, 4.69) is 51.8 Å². The van der Waals surface area contributed by atoms with Gasteiger partial charge in [-0.15, -0.1) is 0 Å². The summed E-state index contributed by atoms with van der Waals surface area (Å²) in [5.74, 6) is 0.787. The van der Waals surface area contributed by atoms with Crippen molar-refractivity contribution >= 4 is 11.9 Å². The molecule has 0 spiro atoms. The van der Waals surface area contributed by atoms with Gasteiger partial charge in [-0.05, 0) is 54.0 Å². The minimum absolute atomic E-state index is 0.000780. The van der Waals surface area contributed by atoms with Gasteiger partial charge in [0.05, 0.1) is 12.7 Å². The standard InChI is InChI=1S/C29H38N2O3/c1-20-14-16-22(17-15-20)25-24(27(32)33-8)23(21-12-10-9-11-13-21)26(34-25)31(29(5,6)7)19-18-30-28(2,3)4/h9-17,30H,18-19H2,1-8H3. The molecule has 0 bridgehead atoms. The fourth-order valence-corrected chi connectivity index (χ4v) is 3.97. The van der Waals surface area contributed by atoms with Crippen molar-refractivity contribution in [1.29, 1.82) is 0 Å². The summed E-state index contributed by atoms with van der Waals surface area (Å²) in [6, 6.07) is 18.0. The number of carbonyl (C=O) groups is 1. The van der Waals surface area contributed by atoms with Crippen LogP contribution in [0.2, 0.25) is 0 Å². The number of esters is 1. The van der Waals surface area contributed by atoms with Gasteiger partial charge in [0.25, 0.3) is 0 Å². The minimum atomic E-state index is -0.411. The van der Waals surface area contributed by atoms with E-state index in [4.69, 9.17) is 9.15 Å². The Kier molecular flexibility index (Phi) is 7.57. The van der Waals surface area contributed by atoms with Crippen LogP contribution in [0.15, 0.2) is 59.0 Å². The van der Waals surface area contributed by atoms with E-state index in [1.165, 1.54) is 7.11 Å². The highest BCUT2D eigenvalue weighted by atomic mass is 16.5. The molecule has 0 amide bonds. The normalized spacial score (nSPS) is 12.0. The number of nitrogens with zero attached hydrogens (tertiary/aromatic N) is 1. The van der Waals surface area contributed by atoms with Crippen molar-refractivity contribution < 1.29 is 13.9 Å². The SMILES string of the molecule is COC(=O)c1c(-c2ccc(C)cc2)oc(N(CCNC(C)(C)C)C(C)(C)C)c1-c1ccccc1. The zero-order valence-electron chi connectivity index (χ0n) is 21.8. The first-order valence-corrected chi connectivity index (χ1v) is 11.8. The Bertz CT molecular complexity index is 1100. The second-order valence-electron chi connectivity index (χ2n) is 10.7. The molecule has 34 heavy (non-hydrogen) atoms. The highest BCUT2D eigenvalue weighted by molar-refractivity contribution is 6.06. The Morgan fingerprint density at radius 3 is 2.09 bits per heavy atom. The van der Waals surface area contributed by atoms with Crippen LogP contribution in [-0.4, -0.2) is 37.2 Å². The Balaban J connectivity index is 2.27. The van der Waals surface area contributed by atoms with Crippen molar-refractivity contribution in [2.75, 3.05) is 25.1 Å². The number of nitrogens with one attached hydrogen (secondary N) is 1. The van der Waals surface area contributed by atoms with Crippen LogP contribution in [0.25, 0.3) is 22.5 Å². The van der Waals surface area contributed by atoms with Crippen LogP contribution in [-0.2, 0) is 4.74 Å². The number of ether oxygens (including phenoxy) is 1. The summed E-state index contributed by atoms with van der Waals surface area (Å²) in [7, 11) is 1.41. The third-order valence-corrected chi connectivity index (χ3v) is 5.70. The van der Waals surface area contributed by atoms with Gasteiger partial charge in [-0.1, -0.05) is 60.2 Å². The maximum atomic E-state index is 13.2. The second-order valence-corrected chi connectivity index (χ2v) is 10.7. The van der Waals surface area contributed by atoms with Gasteiger partial charge < -0.3 is 19.4 Å². The number of hydrogen-bond donors (Lipinski definition) is 1. The third kappa shape index (κ3) is 5.89. The lowest BCUT2D eigenvalue weighted by atomic mass is 9.97. The van der Waals surface area contributed by atoms with Crippen LogP contribution in [0.4, 0.5) is 5.88 Å². The van der Waals surface area contributed by atoms with E-state index >= 15 is 0 Å². The number of carbonyl (C=O) groups excluding carboxylic acids is 1. The molecular weight excluding hydrogens is 424 g/mol. The minimum Gasteiger partial charge on any atom is -0.465 e. The number of methoxy groups -OCH3 is 1. The molecule has 0 atom stereocenters. The Labute approximate surface area is 204 Å². The summed E-state index contributed by atoms with van der Waals surface area (Å²) in [4.78, 5) is 15.4. The molecule has 1 heterocycles. The van der Waals surface area contributed by atoms with E-state index < -0.39 is 5.97 Å². The van der Waals surface area contributed by atoms with Crippen LogP contribution < -0.4 is 10.2 Å². The first-order chi connectivity index (χ1) is 15.9. The molecule has 0 fully saturated rings. The molecule has 5 heteroatoms. The van der Waals surface area contributed by atoms with Gasteiger partial charge in [0, 0.05) is 29.7 Å². The summed E-state index contributed by atoms with van der Waals surface area (Å²) >= 11 is 0. The number of rotatable bonds is 7. The van der Waals surface area contributed by atoms with Gasteiger partial charge in [0.1, 0.15) is 5.56 Å². The molecule has 0 unspecified atom stereocenters. The maximum Gasteiger partial charge on any atom is 0.342 e. The number of aryl methyl sites for hydroxylation is 1. The molecule has 182 valence electrons. The average molecular weight is 463 g/mol. The summed E-state index contributed by atoms with van der Waals surface area (Å²) < 4.78 is 11.9. The largest absolute Gasteiger partial charge is 0.465 e. The second kappa shape index (κ2) is 10.1. The molecule has 0 radical (unpaired) electrons. The van der Waals surface area contributed by atoms with Gasteiger partial charge >= 0.3 is 5.97 Å². The lowest BCUT2D eigenvalue weighted by Gasteiger charge is -2.37. The summed E-state index contributed by atoms with van der Waals surface area (Å²) in [6.07, 6.45) is 0. The van der Waals surface area contributed by atoms with Crippen molar-refractivity contribution in [2.45, 2.75) is 59.5 Å². The summed E-state index contributed by atoms with van der Waals surface area (Å²) in [5.41, 5.74) is 3.86. The summed E-state index contributed by atoms with van der Waals surface area (Å²) in [5, 5.41) is 3.57. The van der Waals surface area contributed by atoms with E-state index in [0.29, 0.717) is 23.8 Å². The lowest BCUT2D eigenvalue weighted by molar-refractivity contribution is 0.0602.